The maximum absolute atomic E-state index is 13.9. The minimum absolute atomic E-state index is 0.000386. The average molecular weight is 461 g/mol. The third kappa shape index (κ3) is 3.89. The Labute approximate surface area is 198 Å². The molecule has 3 aromatic rings. The van der Waals surface area contributed by atoms with Gasteiger partial charge in [-0.05, 0) is 31.5 Å². The van der Waals surface area contributed by atoms with E-state index in [1.807, 2.05) is 49.4 Å². The van der Waals surface area contributed by atoms with Gasteiger partial charge in [-0.2, -0.15) is 0 Å². The first-order valence-corrected chi connectivity index (χ1v) is 11.6. The van der Waals surface area contributed by atoms with Crippen molar-refractivity contribution in [1.29, 1.82) is 0 Å². The molecule has 8 nitrogen and oxygen atoms in total. The Morgan fingerprint density at radius 1 is 1.12 bits per heavy atom. The van der Waals surface area contributed by atoms with Crippen LogP contribution < -0.4 is 10.0 Å². The molecule has 2 fully saturated rings. The van der Waals surface area contributed by atoms with Crippen LogP contribution in [-0.2, 0) is 14.3 Å². The quantitative estimate of drug-likeness (QED) is 0.331. The molecule has 0 aliphatic carbocycles. The number of fused-ring (bicyclic) bond motifs is 1. The molecule has 1 unspecified atom stereocenters. The first kappa shape index (κ1) is 22.3. The van der Waals surface area contributed by atoms with E-state index in [1.165, 1.54) is 4.90 Å². The van der Waals surface area contributed by atoms with E-state index < -0.39 is 23.5 Å². The number of nitrogens with zero attached hydrogens (tertiary/aromatic N) is 3. The summed E-state index contributed by atoms with van der Waals surface area (Å²) in [6, 6.07) is 12.4. The summed E-state index contributed by atoms with van der Waals surface area (Å²) in [5, 5.41) is 13.9. The predicted octanol–water partition coefficient (Wildman–Crippen LogP) is 0.0902. The van der Waals surface area contributed by atoms with Crippen LogP contribution in [0.1, 0.15) is 28.6 Å². The molecule has 176 valence electrons. The van der Waals surface area contributed by atoms with Crippen LogP contribution in [0, 0.1) is 13.8 Å². The number of ether oxygens (including phenoxy) is 1. The molecule has 0 saturated carbocycles. The molecule has 2 saturated heterocycles. The molecule has 34 heavy (non-hydrogen) atoms. The molecule has 2 aromatic heterocycles. The number of carbonyl (C=O) groups excluding carboxylic acids is 2. The van der Waals surface area contributed by atoms with E-state index in [9.17, 15) is 14.7 Å². The molecule has 1 N–H and O–H groups in total. The summed E-state index contributed by atoms with van der Waals surface area (Å²) < 4.78 is 7.12. The Balaban J connectivity index is 1.60. The highest BCUT2D eigenvalue weighted by Gasteiger charge is 2.44. The Bertz CT molecular complexity index is 1270. The number of morpholine rings is 1. The third-order valence-corrected chi connectivity index (χ3v) is 6.75. The van der Waals surface area contributed by atoms with Crippen LogP contribution in [0.15, 0.2) is 54.2 Å². The number of benzene rings is 1. The van der Waals surface area contributed by atoms with Crippen LogP contribution >= 0.6 is 0 Å². The molecule has 5 rings (SSSR count). The lowest BCUT2D eigenvalue weighted by Crippen LogP contribution is -3.14. The molecule has 2 aliphatic rings. The molecule has 1 atom stereocenters. The fraction of sp³-hybridized carbons (Fsp3) is 0.346. The van der Waals surface area contributed by atoms with Gasteiger partial charge in [0.25, 0.3) is 5.91 Å². The van der Waals surface area contributed by atoms with Crippen molar-refractivity contribution in [3.8, 4) is 0 Å². The minimum atomic E-state index is -0.724. The topological polar surface area (TPSA) is 91.4 Å². The van der Waals surface area contributed by atoms with E-state index in [4.69, 9.17) is 4.74 Å². The van der Waals surface area contributed by atoms with Crippen LogP contribution in [0.2, 0.25) is 0 Å². The number of ketones is 1. The Kier molecular flexibility index (Phi) is 5.93. The minimum Gasteiger partial charge on any atom is -0.871 e. The van der Waals surface area contributed by atoms with E-state index in [0.29, 0.717) is 43.3 Å². The number of Topliss-reactive ketones (excluding diaryl/α,β-unsaturated/α-hetero) is 1. The second-order valence-electron chi connectivity index (χ2n) is 8.97. The Morgan fingerprint density at radius 3 is 2.59 bits per heavy atom. The number of aromatic nitrogens is 2. The molecule has 1 aromatic carbocycles. The van der Waals surface area contributed by atoms with Crippen molar-refractivity contribution in [3.05, 3.63) is 76.7 Å². The number of imidazole rings is 1. The highest BCUT2D eigenvalue weighted by Crippen LogP contribution is 2.39. The lowest BCUT2D eigenvalue weighted by molar-refractivity contribution is -0.907. The first-order valence-electron chi connectivity index (χ1n) is 11.6. The molecule has 0 radical (unpaired) electrons. The summed E-state index contributed by atoms with van der Waals surface area (Å²) in [5.74, 6) is -1.78. The first-order chi connectivity index (χ1) is 16.5. The lowest BCUT2D eigenvalue weighted by Gasteiger charge is -2.30. The number of likely N-dealkylation sites (tertiary alicyclic amines) is 1. The number of hydrogen-bond donors (Lipinski definition) is 1. The van der Waals surface area contributed by atoms with Crippen LogP contribution in [0.25, 0.3) is 11.4 Å². The smallest absolute Gasteiger partial charge is 0.295 e. The van der Waals surface area contributed by atoms with Gasteiger partial charge in [-0.3, -0.25) is 9.59 Å². The fourth-order valence-electron chi connectivity index (χ4n) is 4.90. The summed E-state index contributed by atoms with van der Waals surface area (Å²) in [6.07, 6.45) is 1.75. The van der Waals surface area contributed by atoms with Crippen molar-refractivity contribution in [2.75, 3.05) is 39.4 Å². The van der Waals surface area contributed by atoms with E-state index in [2.05, 4.69) is 4.98 Å². The van der Waals surface area contributed by atoms with Gasteiger partial charge < -0.3 is 24.0 Å². The molecule has 0 bridgehead atoms. The summed E-state index contributed by atoms with van der Waals surface area (Å²) >= 11 is 0. The van der Waals surface area contributed by atoms with Gasteiger partial charge >= 0.3 is 0 Å². The van der Waals surface area contributed by atoms with Gasteiger partial charge in [-0.1, -0.05) is 41.7 Å². The van der Waals surface area contributed by atoms with Crippen molar-refractivity contribution >= 4 is 23.1 Å². The zero-order chi connectivity index (χ0) is 23.8. The van der Waals surface area contributed by atoms with Gasteiger partial charge in [-0.15, -0.1) is 0 Å². The zero-order valence-electron chi connectivity index (χ0n) is 19.4. The molecule has 0 spiro atoms. The highest BCUT2D eigenvalue weighted by molar-refractivity contribution is 6.46. The van der Waals surface area contributed by atoms with Gasteiger partial charge in [0.2, 0.25) is 5.78 Å². The number of pyridine rings is 1. The second kappa shape index (κ2) is 9.04. The van der Waals surface area contributed by atoms with Gasteiger partial charge in [0.1, 0.15) is 18.7 Å². The Hall–Kier alpha value is -3.49. The monoisotopic (exact) mass is 460 g/mol. The number of nitrogens with one attached hydrogen (secondary N) is 1. The maximum Gasteiger partial charge on any atom is 0.295 e. The SMILES string of the molecule is Cc1ccc(C2/C(=C(\[O-])c3c(C)nc4ccccn34)C(=O)C(=O)N2CC[NH+]2CCOCC2)cc1. The summed E-state index contributed by atoms with van der Waals surface area (Å²) in [7, 11) is 0. The van der Waals surface area contributed by atoms with Crippen LogP contribution in [0.5, 0.6) is 0 Å². The number of carbonyl (C=O) groups is 2. The molecule has 8 heteroatoms. The van der Waals surface area contributed by atoms with Crippen molar-refractivity contribution < 1.29 is 24.3 Å². The number of rotatable bonds is 5. The second-order valence-corrected chi connectivity index (χ2v) is 8.97. The molecule has 4 heterocycles. The van der Waals surface area contributed by atoms with Crippen molar-refractivity contribution in [2.45, 2.75) is 19.9 Å². The predicted molar refractivity (Wildman–Crippen MR) is 124 cm³/mol. The summed E-state index contributed by atoms with van der Waals surface area (Å²) in [6.45, 7) is 7.92. The normalized spacial score (nSPS) is 21.0. The Morgan fingerprint density at radius 2 is 1.85 bits per heavy atom. The lowest BCUT2D eigenvalue weighted by atomic mass is 9.95. The molecular formula is C26H28N4O4. The van der Waals surface area contributed by atoms with Crippen LogP contribution in [0.4, 0.5) is 0 Å². The van der Waals surface area contributed by atoms with E-state index >= 15 is 0 Å². The third-order valence-electron chi connectivity index (χ3n) is 6.75. The maximum atomic E-state index is 13.9. The fourth-order valence-corrected chi connectivity index (χ4v) is 4.90. The van der Waals surface area contributed by atoms with Gasteiger partial charge in [0.15, 0.2) is 0 Å². The number of quaternary nitrogens is 1. The van der Waals surface area contributed by atoms with E-state index in [1.54, 1.807) is 22.4 Å². The van der Waals surface area contributed by atoms with Crippen molar-refractivity contribution in [1.82, 2.24) is 14.3 Å². The van der Waals surface area contributed by atoms with Crippen molar-refractivity contribution in [2.24, 2.45) is 0 Å². The zero-order valence-corrected chi connectivity index (χ0v) is 19.4. The molecule has 1 amide bonds. The largest absolute Gasteiger partial charge is 0.871 e. The number of amides is 1. The van der Waals surface area contributed by atoms with Gasteiger partial charge in [0, 0.05) is 11.8 Å². The van der Waals surface area contributed by atoms with Crippen LogP contribution in [0.3, 0.4) is 0 Å². The highest BCUT2D eigenvalue weighted by atomic mass is 16.5. The van der Waals surface area contributed by atoms with E-state index in [0.717, 1.165) is 24.2 Å². The van der Waals surface area contributed by atoms with E-state index in [-0.39, 0.29) is 5.57 Å². The summed E-state index contributed by atoms with van der Waals surface area (Å²) in [4.78, 5) is 33.9. The average Bonchev–Trinajstić information content (AvgIpc) is 3.31. The standard InChI is InChI=1S/C26H28N4O4/c1-17-6-8-19(9-7-17)23-21(24(31)22-18(2)27-20-5-3-4-10-29(20)22)25(32)26(33)30(23)12-11-28-13-15-34-16-14-28/h3-10,23,31H,11-16H2,1-2H3/b24-21+. The number of hydrogen-bond acceptors (Lipinski definition) is 5. The number of aryl methyl sites for hydroxylation is 2. The van der Waals surface area contributed by atoms with Crippen molar-refractivity contribution in [3.63, 3.8) is 0 Å². The van der Waals surface area contributed by atoms with Crippen LogP contribution in [-0.4, -0.2) is 65.4 Å². The molecular weight excluding hydrogens is 432 g/mol. The molecule has 2 aliphatic heterocycles. The van der Waals surface area contributed by atoms with Gasteiger partial charge in [-0.25, -0.2) is 4.98 Å². The van der Waals surface area contributed by atoms with Gasteiger partial charge in [0.05, 0.1) is 43.7 Å². The summed E-state index contributed by atoms with van der Waals surface area (Å²) in [5.41, 5.74) is 3.30.